The number of ether oxygens (including phenoxy) is 2. The van der Waals surface area contributed by atoms with Gasteiger partial charge in [0.2, 0.25) is 5.78 Å². The zero-order valence-electron chi connectivity index (χ0n) is 7.69. The van der Waals surface area contributed by atoms with Crippen LogP contribution in [0.5, 0.6) is 11.5 Å². The van der Waals surface area contributed by atoms with Gasteiger partial charge in [-0.25, -0.2) is 0 Å². The molecule has 0 aliphatic carbocycles. The minimum atomic E-state index is -1.32. The van der Waals surface area contributed by atoms with Crippen molar-refractivity contribution in [2.75, 3.05) is 13.2 Å². The zero-order chi connectivity index (χ0) is 10.8. The van der Waals surface area contributed by atoms with Crippen LogP contribution in [0.2, 0.25) is 0 Å². The van der Waals surface area contributed by atoms with Crippen molar-refractivity contribution in [2.24, 2.45) is 0 Å². The normalized spacial score (nSPS) is 13.2. The molecule has 0 fully saturated rings. The third-order valence-corrected chi connectivity index (χ3v) is 1.97. The Kier molecular flexibility index (Phi) is 2.29. The highest BCUT2D eigenvalue weighted by molar-refractivity contribution is 6.03. The van der Waals surface area contributed by atoms with Gasteiger partial charge in [0.25, 0.3) is 0 Å². The minimum absolute atomic E-state index is 0.0268. The van der Waals surface area contributed by atoms with Gasteiger partial charge in [-0.05, 0) is 12.1 Å². The summed E-state index contributed by atoms with van der Waals surface area (Å²) in [6.45, 7) is -0.588. The number of aliphatic carboxylic acids is 1. The quantitative estimate of drug-likeness (QED) is 0.660. The van der Waals surface area contributed by atoms with Gasteiger partial charge < -0.3 is 19.4 Å². The summed E-state index contributed by atoms with van der Waals surface area (Å²) in [6.07, 6.45) is 0. The number of benzene rings is 1. The largest absolute Gasteiger partial charge is 0.546 e. The monoisotopic (exact) mass is 207 g/mol. The third-order valence-electron chi connectivity index (χ3n) is 1.97. The smallest absolute Gasteiger partial charge is 0.204 e. The Balaban J connectivity index is 2.26. The van der Waals surface area contributed by atoms with Crippen LogP contribution in [-0.4, -0.2) is 25.0 Å². The number of carboxylic acid groups (broad SMARTS) is 1. The van der Waals surface area contributed by atoms with Crippen LogP contribution in [0.4, 0.5) is 0 Å². The van der Waals surface area contributed by atoms with Gasteiger partial charge in [0.1, 0.15) is 6.61 Å². The van der Waals surface area contributed by atoms with E-state index >= 15 is 0 Å². The van der Waals surface area contributed by atoms with Crippen LogP contribution in [0.1, 0.15) is 10.4 Å². The first-order chi connectivity index (χ1) is 7.18. The van der Waals surface area contributed by atoms with Crippen LogP contribution in [0, 0.1) is 0 Å². The number of carbonyl (C=O) groups is 2. The van der Waals surface area contributed by atoms with E-state index in [-0.39, 0.29) is 18.1 Å². The van der Waals surface area contributed by atoms with Crippen molar-refractivity contribution < 1.29 is 24.2 Å². The molecule has 1 aromatic carbocycles. The summed E-state index contributed by atoms with van der Waals surface area (Å²) in [4.78, 5) is 21.4. The van der Waals surface area contributed by atoms with Gasteiger partial charge in [-0.2, -0.15) is 0 Å². The predicted octanol–water partition coefficient (Wildman–Crippen LogP) is -0.610. The molecule has 0 saturated carbocycles. The first-order valence-electron chi connectivity index (χ1n) is 4.30. The molecule has 5 heteroatoms. The Morgan fingerprint density at radius 3 is 3.07 bits per heavy atom. The lowest BCUT2D eigenvalue weighted by atomic mass is 10.1. The highest BCUT2D eigenvalue weighted by atomic mass is 16.5. The lowest BCUT2D eigenvalue weighted by Gasteiger charge is -2.09. The molecule has 1 aliphatic rings. The van der Waals surface area contributed by atoms with Gasteiger partial charge >= 0.3 is 0 Å². The molecule has 1 heterocycles. The second-order valence-electron chi connectivity index (χ2n) is 3.01. The van der Waals surface area contributed by atoms with E-state index in [0.717, 1.165) is 0 Å². The zero-order valence-corrected chi connectivity index (χ0v) is 7.69. The summed E-state index contributed by atoms with van der Waals surface area (Å²) in [7, 11) is 0. The predicted molar refractivity (Wildman–Crippen MR) is 46.8 cm³/mol. The Bertz CT molecular complexity index is 424. The number of hydrogen-bond acceptors (Lipinski definition) is 5. The first kappa shape index (κ1) is 9.51. The fourth-order valence-corrected chi connectivity index (χ4v) is 1.35. The van der Waals surface area contributed by atoms with Gasteiger partial charge in [-0.15, -0.1) is 0 Å². The Labute approximate surface area is 85.2 Å². The van der Waals surface area contributed by atoms with Crippen molar-refractivity contribution in [3.05, 3.63) is 23.8 Å². The number of hydrogen-bond donors (Lipinski definition) is 0. The molecule has 0 unspecified atom stereocenters. The molecular weight excluding hydrogens is 200 g/mol. The number of fused-ring (bicyclic) bond motifs is 1. The highest BCUT2D eigenvalue weighted by Gasteiger charge is 2.24. The first-order valence-corrected chi connectivity index (χ1v) is 4.30. The number of para-hydroxylation sites is 1. The highest BCUT2D eigenvalue weighted by Crippen LogP contribution is 2.35. The van der Waals surface area contributed by atoms with E-state index in [2.05, 4.69) is 0 Å². The molecule has 0 radical (unpaired) electrons. The van der Waals surface area contributed by atoms with Gasteiger partial charge in [0.15, 0.2) is 18.1 Å². The molecule has 0 saturated heterocycles. The molecule has 5 nitrogen and oxygen atoms in total. The second-order valence-corrected chi connectivity index (χ2v) is 3.01. The fraction of sp³-hybridized carbons (Fsp3) is 0.200. The number of rotatable bonds is 3. The van der Waals surface area contributed by atoms with E-state index in [1.807, 2.05) is 0 Å². The number of ketones is 1. The van der Waals surface area contributed by atoms with Crippen molar-refractivity contribution >= 4 is 11.8 Å². The topological polar surface area (TPSA) is 75.7 Å². The summed E-state index contributed by atoms with van der Waals surface area (Å²) in [5.74, 6) is -0.896. The number of Topliss-reactive ketones (excluding diaryl/α,β-unsaturated/α-hetero) is 1. The van der Waals surface area contributed by atoms with Crippen LogP contribution in [0.3, 0.4) is 0 Å². The van der Waals surface area contributed by atoms with Gasteiger partial charge in [0, 0.05) is 0 Å². The third kappa shape index (κ3) is 1.76. The van der Waals surface area contributed by atoms with E-state index in [1.54, 1.807) is 18.2 Å². The van der Waals surface area contributed by atoms with Gasteiger partial charge in [0.05, 0.1) is 11.5 Å². The van der Waals surface area contributed by atoms with Crippen LogP contribution in [-0.2, 0) is 4.79 Å². The summed E-state index contributed by atoms with van der Waals surface area (Å²) < 4.78 is 10.0. The number of carbonyl (C=O) groups excluding carboxylic acids is 2. The molecule has 15 heavy (non-hydrogen) atoms. The van der Waals surface area contributed by atoms with E-state index in [9.17, 15) is 14.7 Å². The van der Waals surface area contributed by atoms with E-state index < -0.39 is 12.6 Å². The summed E-state index contributed by atoms with van der Waals surface area (Å²) in [6, 6.07) is 4.76. The van der Waals surface area contributed by atoms with Gasteiger partial charge in [-0.1, -0.05) is 6.07 Å². The lowest BCUT2D eigenvalue weighted by molar-refractivity contribution is -0.307. The van der Waals surface area contributed by atoms with Crippen molar-refractivity contribution in [3.8, 4) is 11.5 Å². The van der Waals surface area contributed by atoms with Crippen molar-refractivity contribution in [2.45, 2.75) is 0 Å². The Morgan fingerprint density at radius 2 is 2.33 bits per heavy atom. The molecule has 1 aliphatic heterocycles. The minimum Gasteiger partial charge on any atom is -0.546 e. The molecule has 78 valence electrons. The Morgan fingerprint density at radius 1 is 1.53 bits per heavy atom. The van der Waals surface area contributed by atoms with Crippen LogP contribution < -0.4 is 14.6 Å². The van der Waals surface area contributed by atoms with Crippen molar-refractivity contribution in [1.82, 2.24) is 0 Å². The van der Waals surface area contributed by atoms with E-state index in [0.29, 0.717) is 11.3 Å². The SMILES string of the molecule is O=C([O-])COc1cccc2c1OCC2=O. The second kappa shape index (κ2) is 3.61. The molecular formula is C10H7O5-. The fourth-order valence-electron chi connectivity index (χ4n) is 1.35. The van der Waals surface area contributed by atoms with Crippen LogP contribution >= 0.6 is 0 Å². The summed E-state index contributed by atoms with van der Waals surface area (Å²) in [5, 5.41) is 10.2. The molecule has 0 aromatic heterocycles. The number of carboxylic acids is 1. The van der Waals surface area contributed by atoms with Gasteiger partial charge in [-0.3, -0.25) is 4.79 Å². The van der Waals surface area contributed by atoms with Crippen molar-refractivity contribution in [3.63, 3.8) is 0 Å². The van der Waals surface area contributed by atoms with Crippen LogP contribution in [0.25, 0.3) is 0 Å². The standard InChI is InChI=1S/C10H8O5/c11-7-4-15-10-6(7)2-1-3-8(10)14-5-9(12)13/h1-3H,4-5H2,(H,12,13)/p-1. The maximum Gasteiger partial charge on any atom is 0.204 e. The maximum absolute atomic E-state index is 11.2. The van der Waals surface area contributed by atoms with Crippen LogP contribution in [0.15, 0.2) is 18.2 Å². The summed E-state index contributed by atoms with van der Waals surface area (Å²) >= 11 is 0. The molecule has 0 atom stereocenters. The average molecular weight is 207 g/mol. The lowest BCUT2D eigenvalue weighted by Crippen LogP contribution is -2.29. The summed E-state index contributed by atoms with van der Waals surface area (Å²) in [5.41, 5.74) is 0.422. The Hall–Kier alpha value is -2.04. The van der Waals surface area contributed by atoms with Crippen molar-refractivity contribution in [1.29, 1.82) is 0 Å². The average Bonchev–Trinajstić information content (AvgIpc) is 2.58. The maximum atomic E-state index is 11.2. The molecule has 0 amide bonds. The molecule has 1 aromatic rings. The molecule has 0 bridgehead atoms. The van der Waals surface area contributed by atoms with E-state index in [4.69, 9.17) is 9.47 Å². The van der Waals surface area contributed by atoms with E-state index in [1.165, 1.54) is 0 Å². The molecule has 2 rings (SSSR count). The molecule has 0 spiro atoms. The molecule has 0 N–H and O–H groups in total.